The highest BCUT2D eigenvalue weighted by Crippen LogP contribution is 2.36. The van der Waals surface area contributed by atoms with Crippen molar-refractivity contribution in [3.05, 3.63) is 260 Å². The molecule has 5 heterocycles. The number of nitrogens with one attached hydrogen (secondary N) is 5. The van der Waals surface area contributed by atoms with E-state index in [-0.39, 0.29) is 46.1 Å². The maximum atomic E-state index is 12.9. The smallest absolute Gasteiger partial charge is 0.335 e. The summed E-state index contributed by atoms with van der Waals surface area (Å²) in [6, 6.07) is 58.5. The quantitative estimate of drug-likeness (QED) is 0.0188. The number of carboxylic acids is 2. The van der Waals surface area contributed by atoms with Gasteiger partial charge in [-0.15, -0.1) is 0 Å². The number of carbonyl (C=O) groups excluding carboxylic acids is 4. The molecule has 0 atom stereocenters. The van der Waals surface area contributed by atoms with Crippen molar-refractivity contribution < 1.29 is 48.8 Å². The Hall–Kier alpha value is -13.2. The van der Waals surface area contributed by atoms with Gasteiger partial charge in [-0.25, -0.2) is 23.6 Å². The maximum absolute atomic E-state index is 12.9. The van der Waals surface area contributed by atoms with Crippen molar-refractivity contribution in [3.63, 3.8) is 0 Å². The molecule has 0 unspecified atom stereocenters. The van der Waals surface area contributed by atoms with Crippen molar-refractivity contribution in [3.8, 4) is 50.8 Å². The molecule has 9 aromatic carbocycles. The van der Waals surface area contributed by atoms with Crippen LogP contribution in [0.2, 0.25) is 0 Å². The molecule has 2 aliphatic heterocycles. The zero-order chi connectivity index (χ0) is 74.4. The Bertz CT molecular complexity index is 5120. The second-order valence-corrected chi connectivity index (χ2v) is 24.9. The minimum absolute atomic E-state index is 0.0644. The van der Waals surface area contributed by atoms with Crippen molar-refractivity contribution in [1.82, 2.24) is 65.7 Å². The molecule has 0 radical (unpaired) electrons. The number of hydrogen-bond acceptors (Lipinski definition) is 17. The Balaban J connectivity index is 0.000000149. The number of benzene rings is 9. The van der Waals surface area contributed by atoms with Gasteiger partial charge in [0.15, 0.2) is 0 Å². The van der Waals surface area contributed by atoms with Gasteiger partial charge in [0.05, 0.1) is 54.6 Å². The zero-order valence-corrected chi connectivity index (χ0v) is 57.6. The molecule has 538 valence electrons. The van der Waals surface area contributed by atoms with Crippen molar-refractivity contribution in [2.24, 2.45) is 5.73 Å². The first-order valence-corrected chi connectivity index (χ1v) is 34.3. The third-order valence-electron chi connectivity index (χ3n) is 18.0. The molecule has 0 bridgehead atoms. The average molecular weight is 1430 g/mol. The molecular formula is C78H74N16O12. The molecule has 2 aliphatic rings. The summed E-state index contributed by atoms with van der Waals surface area (Å²) in [4.78, 5) is 98.4. The van der Waals surface area contributed by atoms with E-state index in [1.54, 1.807) is 94.3 Å². The number of aromatic carboxylic acids is 2. The predicted molar refractivity (Wildman–Crippen MR) is 401 cm³/mol. The fourth-order valence-corrected chi connectivity index (χ4v) is 12.4. The number of nitrogens with zero attached hydrogens (tertiary/aromatic N) is 10. The number of piperazine rings is 2. The number of nitro benzene ring substituents is 2. The van der Waals surface area contributed by atoms with E-state index in [4.69, 9.17) is 21.0 Å². The second-order valence-electron chi connectivity index (χ2n) is 24.9. The van der Waals surface area contributed by atoms with E-state index in [2.05, 4.69) is 42.8 Å². The minimum atomic E-state index is -1.04. The molecule has 0 saturated carbocycles. The van der Waals surface area contributed by atoms with Crippen LogP contribution in [0.3, 0.4) is 0 Å². The zero-order valence-electron chi connectivity index (χ0n) is 57.6. The molecule has 9 N–H and O–H groups in total. The molecular weight excluding hydrogens is 1350 g/mol. The Morgan fingerprint density at radius 3 is 1.14 bits per heavy atom. The van der Waals surface area contributed by atoms with E-state index in [1.807, 2.05) is 88.3 Å². The van der Waals surface area contributed by atoms with Crippen LogP contribution in [0.1, 0.15) is 75.0 Å². The van der Waals surface area contributed by atoms with Crippen LogP contribution in [0.5, 0.6) is 0 Å². The van der Waals surface area contributed by atoms with Gasteiger partial charge in [-0.1, -0.05) is 54.6 Å². The van der Waals surface area contributed by atoms with Crippen LogP contribution in [0.15, 0.2) is 206 Å². The number of aromatic nitrogens is 6. The Morgan fingerprint density at radius 1 is 0.434 bits per heavy atom. The van der Waals surface area contributed by atoms with Gasteiger partial charge in [0.1, 0.15) is 17.1 Å². The van der Waals surface area contributed by atoms with E-state index in [0.29, 0.717) is 104 Å². The normalized spacial score (nSPS) is 12.7. The molecule has 14 rings (SSSR count). The van der Waals surface area contributed by atoms with Gasteiger partial charge in [-0.2, -0.15) is 15.3 Å². The first-order valence-electron chi connectivity index (χ1n) is 34.3. The standard InChI is InChI=1S/C29H30N6O2.C25H23N5O5.C24H21N5O5/c36-28(33-17-13-30-14-18-33)22-7-5-21(6-8-22)27-25-3-1-2-4-26(25)35(32-27)24-11-9-23(10-12-24)29(37)34-19-15-31-16-20-34;1-26-13-2-14-27-24(31)17-5-3-16(4-6-17)23-21-15-20(30(34)35)11-12-22(21)29(28-23)19-9-7-18(8-10-19)25(32)33;25-12-1-13-26-23(30)16-4-2-15(3-5-16)22-20-14-19(29(33)34)10-11-21(20)28(27-22)18-8-6-17(7-9-18)24(31)32/h1-12,30-31H,13-20H2;3-12,15,26H,2,13-14H2,1H3,(H,27,31)(H,32,33);2-11,14H,1,12-13,25H2,(H,26,30)(H,31,32). The number of nitrogens with two attached hydrogens (primary N) is 1. The first-order chi connectivity index (χ1) is 51.5. The van der Waals surface area contributed by atoms with Crippen molar-refractivity contribution in [2.75, 3.05) is 85.6 Å². The van der Waals surface area contributed by atoms with Gasteiger partial charge in [-0.05, 0) is 160 Å². The molecule has 0 aliphatic carbocycles. The Kier molecular flexibility index (Phi) is 22.8. The topological polar surface area (TPSA) is 375 Å². The largest absolute Gasteiger partial charge is 0.478 e. The van der Waals surface area contributed by atoms with Gasteiger partial charge in [0.25, 0.3) is 35.0 Å². The summed E-state index contributed by atoms with van der Waals surface area (Å²) in [5, 5.41) is 72.8. The highest BCUT2D eigenvalue weighted by Gasteiger charge is 2.24. The summed E-state index contributed by atoms with van der Waals surface area (Å²) in [6.07, 6.45) is 1.50. The number of rotatable bonds is 21. The van der Waals surface area contributed by atoms with Gasteiger partial charge >= 0.3 is 11.9 Å². The lowest BCUT2D eigenvalue weighted by Crippen LogP contribution is -2.46. The molecule has 12 aromatic rings. The summed E-state index contributed by atoms with van der Waals surface area (Å²) in [7, 11) is 1.85. The first kappa shape index (κ1) is 72.6. The number of fused-ring (bicyclic) bond motifs is 3. The van der Waals surface area contributed by atoms with Crippen LogP contribution in [-0.4, -0.2) is 180 Å². The lowest BCUT2D eigenvalue weighted by molar-refractivity contribution is -0.384. The highest BCUT2D eigenvalue weighted by molar-refractivity contribution is 6.01. The maximum Gasteiger partial charge on any atom is 0.335 e. The van der Waals surface area contributed by atoms with Crippen LogP contribution in [-0.2, 0) is 0 Å². The number of para-hydroxylation sites is 1. The van der Waals surface area contributed by atoms with E-state index in [0.717, 1.165) is 93.2 Å². The molecule has 3 aromatic heterocycles. The number of carboxylic acid groups (broad SMARTS) is 2. The van der Waals surface area contributed by atoms with E-state index >= 15 is 0 Å². The number of non-ortho nitro benzene ring substituents is 2. The van der Waals surface area contributed by atoms with Crippen molar-refractivity contribution in [2.45, 2.75) is 12.8 Å². The molecule has 28 heteroatoms. The Labute approximate surface area is 606 Å². The van der Waals surface area contributed by atoms with Gasteiger partial charge in [0, 0.05) is 145 Å². The van der Waals surface area contributed by atoms with Gasteiger partial charge < -0.3 is 52.3 Å². The summed E-state index contributed by atoms with van der Waals surface area (Å²) >= 11 is 0. The fourth-order valence-electron chi connectivity index (χ4n) is 12.4. The Morgan fingerprint density at radius 2 is 0.774 bits per heavy atom. The number of amides is 4. The van der Waals surface area contributed by atoms with Crippen LogP contribution in [0.4, 0.5) is 11.4 Å². The van der Waals surface area contributed by atoms with Gasteiger partial charge in [-0.3, -0.25) is 39.4 Å². The summed E-state index contributed by atoms with van der Waals surface area (Å²) < 4.78 is 5.14. The molecule has 4 amide bonds. The van der Waals surface area contributed by atoms with Gasteiger partial charge in [0.2, 0.25) is 0 Å². The predicted octanol–water partition coefficient (Wildman–Crippen LogP) is 9.80. The highest BCUT2D eigenvalue weighted by atomic mass is 16.6. The van der Waals surface area contributed by atoms with Crippen molar-refractivity contribution in [1.29, 1.82) is 0 Å². The third-order valence-corrected chi connectivity index (χ3v) is 18.0. The molecule has 2 saturated heterocycles. The van der Waals surface area contributed by atoms with E-state index in [9.17, 15) is 49.0 Å². The molecule has 106 heavy (non-hydrogen) atoms. The second kappa shape index (κ2) is 33.3. The van der Waals surface area contributed by atoms with Crippen LogP contribution < -0.4 is 32.3 Å². The van der Waals surface area contributed by atoms with Crippen molar-refractivity contribution >= 4 is 79.7 Å². The monoisotopic (exact) mass is 1430 g/mol. The van der Waals surface area contributed by atoms with E-state index < -0.39 is 21.8 Å². The van der Waals surface area contributed by atoms with Crippen LogP contribution >= 0.6 is 0 Å². The minimum Gasteiger partial charge on any atom is -0.478 e. The lowest BCUT2D eigenvalue weighted by Gasteiger charge is -2.27. The summed E-state index contributed by atoms with van der Waals surface area (Å²) in [6.45, 7) is 8.58. The number of nitro groups is 2. The third kappa shape index (κ3) is 16.5. The number of carbonyl (C=O) groups is 6. The lowest BCUT2D eigenvalue weighted by atomic mass is 10.0. The fraction of sp³-hybridized carbons (Fsp3) is 0.192. The summed E-state index contributed by atoms with van der Waals surface area (Å²) in [5.41, 5.74) is 16.4. The van der Waals surface area contributed by atoms with Crippen LogP contribution in [0.25, 0.3) is 83.5 Å². The average Bonchev–Trinajstić information content (AvgIpc) is 1.64. The molecule has 0 spiro atoms. The summed E-state index contributed by atoms with van der Waals surface area (Å²) in [5.74, 6) is -2.35. The SMILES string of the molecule is CNCCCNC(=O)c1ccc(-c2nn(-c3ccc(C(=O)O)cc3)c3ccc([N+](=O)[O-])cc23)cc1.NCCCNC(=O)c1ccc(-c2nn(-c3ccc(C(=O)O)cc3)c3ccc([N+](=O)[O-])cc23)cc1.O=C(c1ccc(-c2nn(-c3ccc(C(=O)N4CCNCC4)cc3)c3ccccc23)cc1)N1CCNCC1. The van der Waals surface area contributed by atoms with Crippen LogP contribution in [0, 0.1) is 20.2 Å². The van der Waals surface area contributed by atoms with E-state index in [1.165, 1.54) is 48.5 Å². The number of hydrogen-bond donors (Lipinski definition) is 8. The molecule has 2 fully saturated rings. The molecule has 28 nitrogen and oxygen atoms in total.